The van der Waals surface area contributed by atoms with Crippen LogP contribution in [0.2, 0.25) is 4.47 Å². The molecule has 0 atom stereocenters. The third kappa shape index (κ3) is 2.70. The Balaban J connectivity index is 2.29. The van der Waals surface area contributed by atoms with Crippen molar-refractivity contribution in [2.75, 3.05) is 6.61 Å². The number of sulfonamides is 1. The highest BCUT2D eigenvalue weighted by Gasteiger charge is 2.38. The second-order valence-electron chi connectivity index (χ2n) is 4.59. The first-order chi connectivity index (χ1) is 8.38. The molecule has 2 rings (SSSR count). The van der Waals surface area contributed by atoms with E-state index in [0.717, 1.165) is 24.2 Å². The van der Waals surface area contributed by atoms with Crippen LogP contribution in [0.5, 0.6) is 0 Å². The topological polar surface area (TPSA) is 79.3 Å². The second-order valence-corrected chi connectivity index (χ2v) is 8.05. The third-order valence-corrected chi connectivity index (χ3v) is 6.64. The van der Waals surface area contributed by atoms with Gasteiger partial charge in [0.15, 0.2) is 8.68 Å². The molecule has 0 radical (unpaired) electrons. The summed E-state index contributed by atoms with van der Waals surface area (Å²) in [5.74, 6) is 0. The predicted octanol–water partition coefficient (Wildman–Crippen LogP) is 1.69. The predicted molar refractivity (Wildman–Crippen MR) is 70.5 cm³/mol. The van der Waals surface area contributed by atoms with Gasteiger partial charge in [-0.05, 0) is 19.8 Å². The highest BCUT2D eigenvalue weighted by Crippen LogP contribution is 2.33. The summed E-state index contributed by atoms with van der Waals surface area (Å²) in [5, 5.41) is 9.44. The van der Waals surface area contributed by atoms with Crippen molar-refractivity contribution in [1.29, 1.82) is 0 Å². The zero-order chi connectivity index (χ0) is 13.4. The molecular formula is C10H15ClN2O3S2. The Morgan fingerprint density at radius 1 is 1.50 bits per heavy atom. The molecule has 18 heavy (non-hydrogen) atoms. The summed E-state index contributed by atoms with van der Waals surface area (Å²) in [7, 11) is -3.66. The molecule has 5 nitrogen and oxygen atoms in total. The molecule has 102 valence electrons. The number of nitrogens with one attached hydrogen (secondary N) is 1. The third-order valence-electron chi connectivity index (χ3n) is 3.19. The largest absolute Gasteiger partial charge is 0.394 e. The van der Waals surface area contributed by atoms with Crippen LogP contribution in [0, 0.1) is 6.92 Å². The molecule has 0 amide bonds. The van der Waals surface area contributed by atoms with Crippen molar-refractivity contribution in [3.63, 3.8) is 0 Å². The molecular weight excluding hydrogens is 296 g/mol. The number of hydrogen-bond acceptors (Lipinski definition) is 5. The highest BCUT2D eigenvalue weighted by atomic mass is 35.5. The van der Waals surface area contributed by atoms with Gasteiger partial charge >= 0.3 is 0 Å². The van der Waals surface area contributed by atoms with E-state index in [9.17, 15) is 13.5 Å². The summed E-state index contributed by atoms with van der Waals surface area (Å²) in [4.78, 5) is 3.90. The second kappa shape index (κ2) is 5.05. The molecule has 1 aliphatic carbocycles. The van der Waals surface area contributed by atoms with Crippen LogP contribution in [-0.2, 0) is 10.0 Å². The van der Waals surface area contributed by atoms with Crippen LogP contribution < -0.4 is 4.72 Å². The molecule has 1 fully saturated rings. The lowest BCUT2D eigenvalue weighted by Gasteiger charge is -2.27. The van der Waals surface area contributed by atoms with Gasteiger partial charge in [0, 0.05) is 0 Å². The van der Waals surface area contributed by atoms with Crippen LogP contribution in [0.4, 0.5) is 0 Å². The zero-order valence-electron chi connectivity index (χ0n) is 9.94. The minimum atomic E-state index is -3.66. The Labute approximate surface area is 115 Å². The van der Waals surface area contributed by atoms with Gasteiger partial charge in [-0.3, -0.25) is 0 Å². The summed E-state index contributed by atoms with van der Waals surface area (Å²) in [5.41, 5.74) is -0.328. The number of aromatic nitrogens is 1. The number of nitrogens with zero attached hydrogens (tertiary/aromatic N) is 1. The monoisotopic (exact) mass is 310 g/mol. The minimum absolute atomic E-state index is 0.132. The maximum Gasteiger partial charge on any atom is 0.252 e. The van der Waals surface area contributed by atoms with E-state index in [0.29, 0.717) is 18.5 Å². The van der Waals surface area contributed by atoms with E-state index < -0.39 is 15.6 Å². The first-order valence-electron chi connectivity index (χ1n) is 5.66. The van der Waals surface area contributed by atoms with Gasteiger partial charge in [0.05, 0.1) is 17.8 Å². The molecule has 8 heteroatoms. The Morgan fingerprint density at radius 3 is 2.56 bits per heavy atom. The van der Waals surface area contributed by atoms with Crippen molar-refractivity contribution >= 4 is 33.0 Å². The summed E-state index contributed by atoms with van der Waals surface area (Å²) >= 11 is 6.66. The van der Waals surface area contributed by atoms with E-state index in [-0.39, 0.29) is 15.3 Å². The zero-order valence-corrected chi connectivity index (χ0v) is 12.3. The minimum Gasteiger partial charge on any atom is -0.394 e. The van der Waals surface area contributed by atoms with Crippen LogP contribution in [0.25, 0.3) is 0 Å². The van der Waals surface area contributed by atoms with Crippen molar-refractivity contribution < 1.29 is 13.5 Å². The number of thiazole rings is 1. The van der Waals surface area contributed by atoms with Crippen LogP contribution in [0.15, 0.2) is 4.21 Å². The molecule has 0 aliphatic heterocycles. The van der Waals surface area contributed by atoms with E-state index >= 15 is 0 Å². The number of halogens is 1. The number of aliphatic hydroxyl groups is 1. The van der Waals surface area contributed by atoms with E-state index in [2.05, 4.69) is 9.71 Å². The number of rotatable bonds is 4. The average molecular weight is 311 g/mol. The molecule has 1 aromatic rings. The highest BCUT2D eigenvalue weighted by molar-refractivity contribution is 7.91. The lowest BCUT2D eigenvalue weighted by Crippen LogP contribution is -2.48. The summed E-state index contributed by atoms with van der Waals surface area (Å²) in [6.07, 6.45) is 3.17. The Kier molecular flexibility index (Phi) is 3.99. The fourth-order valence-electron chi connectivity index (χ4n) is 2.28. The van der Waals surface area contributed by atoms with Gasteiger partial charge in [-0.15, -0.1) is 0 Å². The summed E-state index contributed by atoms with van der Waals surface area (Å²) in [6, 6.07) is 0. The van der Waals surface area contributed by atoms with Crippen LogP contribution in [0.1, 0.15) is 31.4 Å². The average Bonchev–Trinajstić information content (AvgIpc) is 2.86. The molecule has 0 bridgehead atoms. The molecule has 0 aromatic carbocycles. The molecule has 1 aliphatic rings. The molecule has 0 saturated heterocycles. The van der Waals surface area contributed by atoms with E-state index in [1.165, 1.54) is 0 Å². The van der Waals surface area contributed by atoms with Gasteiger partial charge < -0.3 is 5.11 Å². The fourth-order valence-corrected chi connectivity index (χ4v) is 5.47. The van der Waals surface area contributed by atoms with Crippen molar-refractivity contribution in [3.8, 4) is 0 Å². The summed E-state index contributed by atoms with van der Waals surface area (Å²) < 4.78 is 27.5. The maximum atomic E-state index is 12.3. The SMILES string of the molecule is Cc1nc(Cl)sc1S(=O)(=O)NC1(CO)CCCC1. The van der Waals surface area contributed by atoms with Crippen LogP contribution in [0.3, 0.4) is 0 Å². The van der Waals surface area contributed by atoms with Crippen molar-refractivity contribution in [3.05, 3.63) is 10.2 Å². The van der Waals surface area contributed by atoms with Crippen molar-refractivity contribution in [1.82, 2.24) is 9.71 Å². The summed E-state index contributed by atoms with van der Waals surface area (Å²) in [6.45, 7) is 1.43. The van der Waals surface area contributed by atoms with Gasteiger partial charge in [0.1, 0.15) is 0 Å². The smallest absolute Gasteiger partial charge is 0.252 e. The molecule has 1 heterocycles. The molecule has 0 unspecified atom stereocenters. The normalized spacial score (nSPS) is 19.3. The standard InChI is InChI=1S/C10H15ClN2O3S2/c1-7-8(17-9(11)12-7)18(15,16)13-10(6-14)4-2-3-5-10/h13-14H,2-6H2,1H3. The maximum absolute atomic E-state index is 12.3. The first-order valence-corrected chi connectivity index (χ1v) is 8.34. The Morgan fingerprint density at radius 2 is 2.11 bits per heavy atom. The molecule has 0 spiro atoms. The van der Waals surface area contributed by atoms with Gasteiger partial charge in [-0.1, -0.05) is 35.8 Å². The lowest BCUT2D eigenvalue weighted by molar-refractivity contribution is 0.185. The first kappa shape index (κ1) is 14.2. The number of aliphatic hydroxyl groups excluding tert-OH is 1. The van der Waals surface area contributed by atoms with Crippen LogP contribution >= 0.6 is 22.9 Å². The quantitative estimate of drug-likeness (QED) is 0.887. The lowest BCUT2D eigenvalue weighted by atomic mass is 10.0. The van der Waals surface area contributed by atoms with Gasteiger partial charge in [-0.2, -0.15) is 0 Å². The molecule has 1 aromatic heterocycles. The molecule has 2 N–H and O–H groups in total. The Bertz CT molecular complexity index is 535. The van der Waals surface area contributed by atoms with Crippen molar-refractivity contribution in [2.45, 2.75) is 42.4 Å². The van der Waals surface area contributed by atoms with Crippen molar-refractivity contribution in [2.24, 2.45) is 0 Å². The van der Waals surface area contributed by atoms with Crippen LogP contribution in [-0.4, -0.2) is 30.7 Å². The Hall–Kier alpha value is -0.210. The van der Waals surface area contributed by atoms with Gasteiger partial charge in [0.25, 0.3) is 10.0 Å². The van der Waals surface area contributed by atoms with E-state index in [1.54, 1.807) is 6.92 Å². The number of hydrogen-bond donors (Lipinski definition) is 2. The van der Waals surface area contributed by atoms with Gasteiger partial charge in [0.2, 0.25) is 0 Å². The van der Waals surface area contributed by atoms with E-state index in [4.69, 9.17) is 11.6 Å². The van der Waals surface area contributed by atoms with E-state index in [1.807, 2.05) is 0 Å². The van der Waals surface area contributed by atoms with Gasteiger partial charge in [-0.25, -0.2) is 18.1 Å². The number of aryl methyl sites for hydroxylation is 1. The fraction of sp³-hybridized carbons (Fsp3) is 0.700. The molecule has 1 saturated carbocycles.